The van der Waals surface area contributed by atoms with Crippen LogP contribution in [0.1, 0.15) is 13.8 Å². The zero-order valence-electron chi connectivity index (χ0n) is 11.1. The predicted octanol–water partition coefficient (Wildman–Crippen LogP) is 1.19. The van der Waals surface area contributed by atoms with Gasteiger partial charge < -0.3 is 15.1 Å². The molecule has 0 amide bonds. The second kappa shape index (κ2) is 5.48. The van der Waals surface area contributed by atoms with Crippen LogP contribution in [0.4, 0.5) is 16.2 Å². The summed E-state index contributed by atoms with van der Waals surface area (Å²) < 4.78 is 13.9. The van der Waals surface area contributed by atoms with E-state index in [-0.39, 0.29) is 11.9 Å². The first-order valence-electron chi connectivity index (χ1n) is 6.33. The van der Waals surface area contributed by atoms with Crippen molar-refractivity contribution in [3.8, 4) is 0 Å². The van der Waals surface area contributed by atoms with E-state index >= 15 is 0 Å². The predicted molar refractivity (Wildman–Crippen MR) is 70.5 cm³/mol. The first-order chi connectivity index (χ1) is 8.61. The molecule has 1 aromatic rings. The van der Waals surface area contributed by atoms with Crippen molar-refractivity contribution in [1.82, 2.24) is 14.9 Å². The molecule has 1 aliphatic heterocycles. The molecule has 5 nitrogen and oxygen atoms in total. The van der Waals surface area contributed by atoms with Crippen LogP contribution in [0.2, 0.25) is 0 Å². The van der Waals surface area contributed by atoms with Crippen LogP contribution >= 0.6 is 0 Å². The number of hydrogen-bond donors (Lipinski definition) is 1. The zero-order valence-corrected chi connectivity index (χ0v) is 11.1. The molecular weight excluding hydrogens is 233 g/mol. The molecule has 2 rings (SSSR count). The van der Waals surface area contributed by atoms with E-state index in [4.69, 9.17) is 0 Å². The van der Waals surface area contributed by atoms with E-state index in [1.807, 2.05) is 11.8 Å². The number of nitrogens with zero attached hydrogens (tertiary/aromatic N) is 4. The standard InChI is InChI=1S/C12H20FN5/c1-4-14-12-15-7-10(13)11(16-12)18-6-5-17(3)8-9(18)2/h7,9H,4-6,8H2,1-3H3,(H,14,15,16). The SMILES string of the molecule is CCNc1ncc(F)c(N2CCN(C)CC2C)n1. The number of likely N-dealkylation sites (N-methyl/N-ethyl adjacent to an activating group) is 1. The summed E-state index contributed by atoms with van der Waals surface area (Å²) in [6.45, 7) is 7.40. The Kier molecular flexibility index (Phi) is 3.96. The van der Waals surface area contributed by atoms with E-state index in [0.717, 1.165) is 26.2 Å². The Balaban J connectivity index is 2.23. The summed E-state index contributed by atoms with van der Waals surface area (Å²) >= 11 is 0. The normalized spacial score (nSPS) is 21.1. The van der Waals surface area contributed by atoms with Gasteiger partial charge in [-0.1, -0.05) is 0 Å². The molecule has 1 aliphatic rings. The Labute approximate surface area is 107 Å². The minimum absolute atomic E-state index is 0.252. The lowest BCUT2D eigenvalue weighted by Gasteiger charge is -2.39. The van der Waals surface area contributed by atoms with E-state index in [1.165, 1.54) is 6.20 Å². The molecule has 0 radical (unpaired) electrons. The van der Waals surface area contributed by atoms with Gasteiger partial charge in [0.05, 0.1) is 6.20 Å². The molecule has 1 aromatic heterocycles. The van der Waals surface area contributed by atoms with Crippen molar-refractivity contribution in [3.05, 3.63) is 12.0 Å². The maximum absolute atomic E-state index is 13.9. The molecule has 0 spiro atoms. The van der Waals surface area contributed by atoms with E-state index in [9.17, 15) is 4.39 Å². The Morgan fingerprint density at radius 2 is 2.28 bits per heavy atom. The highest BCUT2D eigenvalue weighted by Gasteiger charge is 2.25. The van der Waals surface area contributed by atoms with Crippen molar-refractivity contribution < 1.29 is 4.39 Å². The lowest BCUT2D eigenvalue weighted by atomic mass is 10.2. The Morgan fingerprint density at radius 3 is 2.94 bits per heavy atom. The van der Waals surface area contributed by atoms with Gasteiger partial charge in [-0.05, 0) is 20.9 Å². The summed E-state index contributed by atoms with van der Waals surface area (Å²) in [6.07, 6.45) is 1.24. The van der Waals surface area contributed by atoms with Crippen molar-refractivity contribution in [2.45, 2.75) is 19.9 Å². The van der Waals surface area contributed by atoms with Crippen LogP contribution in [0, 0.1) is 5.82 Å². The number of piperazine rings is 1. The smallest absolute Gasteiger partial charge is 0.224 e. The van der Waals surface area contributed by atoms with Crippen LogP contribution in [0.3, 0.4) is 0 Å². The van der Waals surface area contributed by atoms with Crippen molar-refractivity contribution in [3.63, 3.8) is 0 Å². The average molecular weight is 253 g/mol. The highest BCUT2D eigenvalue weighted by molar-refractivity contribution is 5.45. The summed E-state index contributed by atoms with van der Waals surface area (Å²) in [5.74, 6) is 0.537. The average Bonchev–Trinajstić information content (AvgIpc) is 2.33. The molecule has 100 valence electrons. The molecule has 1 saturated heterocycles. The number of halogens is 1. The molecular formula is C12H20FN5. The van der Waals surface area contributed by atoms with E-state index in [0.29, 0.717) is 11.8 Å². The highest BCUT2D eigenvalue weighted by atomic mass is 19.1. The topological polar surface area (TPSA) is 44.3 Å². The molecule has 0 aliphatic carbocycles. The fraction of sp³-hybridized carbons (Fsp3) is 0.667. The van der Waals surface area contributed by atoms with Gasteiger partial charge in [0.25, 0.3) is 0 Å². The van der Waals surface area contributed by atoms with Gasteiger partial charge in [0.2, 0.25) is 5.95 Å². The zero-order chi connectivity index (χ0) is 13.1. The third-order valence-electron chi connectivity index (χ3n) is 3.16. The number of nitrogens with one attached hydrogen (secondary N) is 1. The Bertz CT molecular complexity index is 411. The lowest BCUT2D eigenvalue weighted by Crippen LogP contribution is -2.51. The van der Waals surface area contributed by atoms with Gasteiger partial charge in [0.1, 0.15) is 0 Å². The first kappa shape index (κ1) is 13.0. The molecule has 18 heavy (non-hydrogen) atoms. The minimum Gasteiger partial charge on any atom is -0.354 e. The number of anilines is 2. The summed E-state index contributed by atoms with van der Waals surface area (Å²) in [7, 11) is 2.08. The third kappa shape index (κ3) is 2.69. The summed E-state index contributed by atoms with van der Waals surface area (Å²) in [4.78, 5) is 12.5. The largest absolute Gasteiger partial charge is 0.354 e. The first-order valence-corrected chi connectivity index (χ1v) is 6.33. The summed E-state index contributed by atoms with van der Waals surface area (Å²) in [6, 6.07) is 0.252. The van der Waals surface area contributed by atoms with Gasteiger partial charge in [0, 0.05) is 32.2 Å². The van der Waals surface area contributed by atoms with Gasteiger partial charge >= 0.3 is 0 Å². The molecule has 0 bridgehead atoms. The van der Waals surface area contributed by atoms with Crippen molar-refractivity contribution >= 4 is 11.8 Å². The number of hydrogen-bond acceptors (Lipinski definition) is 5. The second-order valence-corrected chi connectivity index (χ2v) is 4.70. The Morgan fingerprint density at radius 1 is 1.50 bits per heavy atom. The molecule has 1 N–H and O–H groups in total. The molecule has 1 unspecified atom stereocenters. The van der Waals surface area contributed by atoms with Gasteiger partial charge in [-0.3, -0.25) is 0 Å². The van der Waals surface area contributed by atoms with Gasteiger partial charge in [-0.15, -0.1) is 0 Å². The highest BCUT2D eigenvalue weighted by Crippen LogP contribution is 2.21. The van der Waals surface area contributed by atoms with Crippen molar-refractivity contribution in [1.29, 1.82) is 0 Å². The van der Waals surface area contributed by atoms with Crippen LogP contribution in [0.25, 0.3) is 0 Å². The molecule has 1 fully saturated rings. The fourth-order valence-corrected chi connectivity index (χ4v) is 2.26. The fourth-order valence-electron chi connectivity index (χ4n) is 2.26. The van der Waals surface area contributed by atoms with E-state index in [1.54, 1.807) is 0 Å². The van der Waals surface area contributed by atoms with Gasteiger partial charge in [-0.2, -0.15) is 4.98 Å². The van der Waals surface area contributed by atoms with Crippen molar-refractivity contribution in [2.75, 3.05) is 43.4 Å². The van der Waals surface area contributed by atoms with Crippen LogP contribution < -0.4 is 10.2 Å². The van der Waals surface area contributed by atoms with E-state index < -0.39 is 0 Å². The maximum Gasteiger partial charge on any atom is 0.224 e. The summed E-state index contributed by atoms with van der Waals surface area (Å²) in [5.41, 5.74) is 0. The van der Waals surface area contributed by atoms with E-state index in [2.05, 4.69) is 34.2 Å². The van der Waals surface area contributed by atoms with Gasteiger partial charge in [0.15, 0.2) is 11.6 Å². The molecule has 1 atom stereocenters. The molecule has 0 saturated carbocycles. The molecule has 2 heterocycles. The third-order valence-corrected chi connectivity index (χ3v) is 3.16. The quantitative estimate of drug-likeness (QED) is 0.876. The molecule has 0 aromatic carbocycles. The minimum atomic E-state index is -0.354. The molecule has 6 heteroatoms. The lowest BCUT2D eigenvalue weighted by molar-refractivity contribution is 0.273. The second-order valence-electron chi connectivity index (χ2n) is 4.70. The summed E-state index contributed by atoms with van der Waals surface area (Å²) in [5, 5.41) is 3.01. The monoisotopic (exact) mass is 253 g/mol. The van der Waals surface area contributed by atoms with Crippen LogP contribution in [0.5, 0.6) is 0 Å². The van der Waals surface area contributed by atoms with Crippen LogP contribution in [-0.2, 0) is 0 Å². The van der Waals surface area contributed by atoms with Crippen LogP contribution in [-0.4, -0.2) is 54.1 Å². The van der Waals surface area contributed by atoms with Crippen molar-refractivity contribution in [2.24, 2.45) is 0 Å². The number of rotatable bonds is 3. The van der Waals surface area contributed by atoms with Crippen LogP contribution in [0.15, 0.2) is 6.20 Å². The maximum atomic E-state index is 13.9. The Hall–Kier alpha value is -1.43. The van der Waals surface area contributed by atoms with Gasteiger partial charge in [-0.25, -0.2) is 9.37 Å². The number of aromatic nitrogens is 2.